The first-order chi connectivity index (χ1) is 14.9. The number of alkyl halides is 2. The molecular formula is C23H23F2NO5. The number of hydrogen-bond donors (Lipinski definition) is 1. The van der Waals surface area contributed by atoms with E-state index in [-0.39, 0.29) is 30.5 Å². The summed E-state index contributed by atoms with van der Waals surface area (Å²) in [4.78, 5) is 12.5. The van der Waals surface area contributed by atoms with Crippen LogP contribution in [0.5, 0.6) is 17.2 Å². The zero-order valence-corrected chi connectivity index (χ0v) is 17.4. The first-order valence-corrected chi connectivity index (χ1v) is 9.68. The third-order valence-electron chi connectivity index (χ3n) is 4.37. The summed E-state index contributed by atoms with van der Waals surface area (Å²) in [5, 5.41) is 2.65. The van der Waals surface area contributed by atoms with Crippen molar-refractivity contribution in [1.82, 2.24) is 0 Å². The Morgan fingerprint density at radius 2 is 1.77 bits per heavy atom. The van der Waals surface area contributed by atoms with E-state index in [0.29, 0.717) is 11.4 Å². The average Bonchev–Trinajstić information content (AvgIpc) is 3.19. The maximum atomic E-state index is 12.5. The predicted octanol–water partition coefficient (Wildman–Crippen LogP) is 5.73. The molecule has 31 heavy (non-hydrogen) atoms. The zero-order chi connectivity index (χ0) is 22.4. The Labute approximate surface area is 178 Å². The Morgan fingerprint density at radius 3 is 2.45 bits per heavy atom. The average molecular weight is 431 g/mol. The lowest BCUT2D eigenvalue weighted by atomic mass is 10.1. The van der Waals surface area contributed by atoms with Crippen molar-refractivity contribution in [2.45, 2.75) is 34.0 Å². The number of benzene rings is 2. The van der Waals surface area contributed by atoms with Gasteiger partial charge < -0.3 is 23.9 Å². The molecule has 164 valence electrons. The molecule has 0 fully saturated rings. The number of furan rings is 1. The molecule has 0 atom stereocenters. The maximum absolute atomic E-state index is 12.5. The highest BCUT2D eigenvalue weighted by Crippen LogP contribution is 2.32. The molecule has 0 saturated carbocycles. The molecule has 0 spiro atoms. The molecule has 6 nitrogen and oxygen atoms in total. The number of hydrogen-bond acceptors (Lipinski definition) is 5. The first kappa shape index (κ1) is 22.1. The zero-order valence-electron chi connectivity index (χ0n) is 17.4. The first-order valence-electron chi connectivity index (χ1n) is 9.68. The van der Waals surface area contributed by atoms with Crippen molar-refractivity contribution < 1.29 is 32.2 Å². The molecule has 0 aliphatic heterocycles. The number of carbonyl (C=O) groups is 1. The molecule has 3 aromatic rings. The fourth-order valence-corrected chi connectivity index (χ4v) is 2.99. The van der Waals surface area contributed by atoms with E-state index < -0.39 is 12.5 Å². The Morgan fingerprint density at radius 1 is 1.03 bits per heavy atom. The van der Waals surface area contributed by atoms with Crippen molar-refractivity contribution in [3.63, 3.8) is 0 Å². The highest BCUT2D eigenvalue weighted by Gasteiger charge is 2.16. The number of ether oxygens (including phenoxy) is 3. The van der Waals surface area contributed by atoms with Gasteiger partial charge in [-0.2, -0.15) is 8.78 Å². The molecule has 0 bridgehead atoms. The van der Waals surface area contributed by atoms with E-state index in [2.05, 4.69) is 10.1 Å². The van der Waals surface area contributed by atoms with Crippen molar-refractivity contribution in [3.8, 4) is 17.2 Å². The van der Waals surface area contributed by atoms with E-state index in [1.54, 1.807) is 13.0 Å². The van der Waals surface area contributed by atoms with Gasteiger partial charge in [0.1, 0.15) is 18.1 Å². The van der Waals surface area contributed by atoms with Crippen LogP contribution in [-0.2, 0) is 6.61 Å². The number of para-hydroxylation sites is 1. The van der Waals surface area contributed by atoms with Crippen LogP contribution in [0.4, 0.5) is 14.5 Å². The van der Waals surface area contributed by atoms with E-state index in [1.807, 2.05) is 32.0 Å². The van der Waals surface area contributed by atoms with Crippen LogP contribution in [0.15, 0.2) is 52.9 Å². The van der Waals surface area contributed by atoms with E-state index in [1.165, 1.54) is 24.3 Å². The van der Waals surface area contributed by atoms with Gasteiger partial charge in [0, 0.05) is 11.8 Å². The lowest BCUT2D eigenvalue weighted by Crippen LogP contribution is -2.11. The third kappa shape index (κ3) is 5.75. The maximum Gasteiger partial charge on any atom is 0.387 e. The molecular weight excluding hydrogens is 408 g/mol. The molecule has 3 rings (SSSR count). The van der Waals surface area contributed by atoms with Gasteiger partial charge in [-0.05, 0) is 56.2 Å². The van der Waals surface area contributed by atoms with E-state index in [4.69, 9.17) is 13.9 Å². The van der Waals surface area contributed by atoms with E-state index in [9.17, 15) is 13.6 Å². The van der Waals surface area contributed by atoms with Crippen molar-refractivity contribution in [2.75, 3.05) is 11.9 Å². The molecule has 1 aromatic heterocycles. The van der Waals surface area contributed by atoms with Crippen molar-refractivity contribution in [2.24, 2.45) is 0 Å². The van der Waals surface area contributed by atoms with Gasteiger partial charge in [0.2, 0.25) is 0 Å². The SMILES string of the molecule is CCOc1cc(NC(=O)c2ccc(COc3c(C)cccc3C)o2)ccc1OC(F)F. The Kier molecular flexibility index (Phi) is 7.12. The number of anilines is 1. The van der Waals surface area contributed by atoms with Gasteiger partial charge >= 0.3 is 6.61 Å². The number of nitrogens with one attached hydrogen (secondary N) is 1. The Balaban J connectivity index is 1.66. The second-order valence-corrected chi connectivity index (χ2v) is 6.70. The Bertz CT molecular complexity index is 1030. The summed E-state index contributed by atoms with van der Waals surface area (Å²) in [6.45, 7) is 3.07. The molecule has 0 radical (unpaired) electrons. The molecule has 1 N–H and O–H groups in total. The molecule has 0 aliphatic rings. The normalized spacial score (nSPS) is 10.8. The van der Waals surface area contributed by atoms with Gasteiger partial charge in [-0.25, -0.2) is 0 Å². The lowest BCUT2D eigenvalue weighted by molar-refractivity contribution is -0.0514. The van der Waals surface area contributed by atoms with Crippen LogP contribution in [0.3, 0.4) is 0 Å². The van der Waals surface area contributed by atoms with Gasteiger partial charge in [-0.1, -0.05) is 18.2 Å². The standard InChI is InChI=1S/C23H23F2NO5/c1-4-28-20-12-16(8-10-18(20)31-23(24)25)26-22(27)19-11-9-17(30-19)13-29-21-14(2)6-5-7-15(21)3/h5-12,23H,4,13H2,1-3H3,(H,26,27). The number of aryl methyl sites for hydroxylation is 2. The number of carbonyl (C=O) groups excluding carboxylic acids is 1. The van der Waals surface area contributed by atoms with Crippen LogP contribution in [0, 0.1) is 13.8 Å². The molecule has 1 amide bonds. The predicted molar refractivity (Wildman–Crippen MR) is 111 cm³/mol. The quantitative estimate of drug-likeness (QED) is 0.469. The summed E-state index contributed by atoms with van der Waals surface area (Å²) in [7, 11) is 0. The smallest absolute Gasteiger partial charge is 0.387 e. The van der Waals surface area contributed by atoms with Gasteiger partial charge in [0.05, 0.1) is 6.61 Å². The molecule has 0 unspecified atom stereocenters. The summed E-state index contributed by atoms with van der Waals surface area (Å²) in [6, 6.07) is 13.2. The highest BCUT2D eigenvalue weighted by atomic mass is 19.3. The van der Waals surface area contributed by atoms with Crippen LogP contribution in [0.1, 0.15) is 34.4 Å². The number of rotatable bonds is 9. The monoisotopic (exact) mass is 431 g/mol. The second-order valence-electron chi connectivity index (χ2n) is 6.70. The minimum atomic E-state index is -2.98. The third-order valence-corrected chi connectivity index (χ3v) is 4.37. The van der Waals surface area contributed by atoms with Gasteiger partial charge in [0.15, 0.2) is 17.3 Å². The Hall–Kier alpha value is -3.55. The van der Waals surface area contributed by atoms with Gasteiger partial charge in [-0.15, -0.1) is 0 Å². The van der Waals surface area contributed by atoms with Crippen LogP contribution in [0.25, 0.3) is 0 Å². The number of amides is 1. The molecule has 0 saturated heterocycles. The number of halogens is 2. The van der Waals surface area contributed by atoms with Crippen LogP contribution < -0.4 is 19.5 Å². The lowest BCUT2D eigenvalue weighted by Gasteiger charge is -2.13. The molecule has 2 aromatic carbocycles. The summed E-state index contributed by atoms with van der Waals surface area (Å²) in [6.07, 6.45) is 0. The minimum absolute atomic E-state index is 0.0889. The van der Waals surface area contributed by atoms with Crippen LogP contribution in [-0.4, -0.2) is 19.1 Å². The summed E-state index contributed by atoms with van der Waals surface area (Å²) in [5.74, 6) is 0.846. The van der Waals surface area contributed by atoms with Crippen molar-refractivity contribution in [1.29, 1.82) is 0 Å². The summed E-state index contributed by atoms with van der Waals surface area (Å²) in [5.41, 5.74) is 2.36. The molecule has 1 heterocycles. The minimum Gasteiger partial charge on any atom is -0.490 e. The summed E-state index contributed by atoms with van der Waals surface area (Å²) < 4.78 is 46.2. The molecule has 0 aliphatic carbocycles. The fourth-order valence-electron chi connectivity index (χ4n) is 2.99. The fraction of sp³-hybridized carbons (Fsp3) is 0.261. The second kappa shape index (κ2) is 9.97. The largest absolute Gasteiger partial charge is 0.490 e. The highest BCUT2D eigenvalue weighted by molar-refractivity contribution is 6.02. The van der Waals surface area contributed by atoms with Crippen LogP contribution >= 0.6 is 0 Å². The van der Waals surface area contributed by atoms with Crippen molar-refractivity contribution >= 4 is 11.6 Å². The van der Waals surface area contributed by atoms with Crippen LogP contribution in [0.2, 0.25) is 0 Å². The topological polar surface area (TPSA) is 69.9 Å². The van der Waals surface area contributed by atoms with E-state index >= 15 is 0 Å². The van der Waals surface area contributed by atoms with Gasteiger partial charge in [0.25, 0.3) is 5.91 Å². The molecule has 8 heteroatoms. The van der Waals surface area contributed by atoms with Crippen molar-refractivity contribution in [3.05, 3.63) is 71.2 Å². The van der Waals surface area contributed by atoms with E-state index in [0.717, 1.165) is 16.9 Å². The summed E-state index contributed by atoms with van der Waals surface area (Å²) >= 11 is 0. The van der Waals surface area contributed by atoms with Gasteiger partial charge in [-0.3, -0.25) is 4.79 Å².